The minimum absolute atomic E-state index is 0.00247. The molecule has 0 spiro atoms. The van der Waals surface area contributed by atoms with Crippen molar-refractivity contribution in [3.8, 4) is 0 Å². The van der Waals surface area contributed by atoms with Crippen molar-refractivity contribution in [2.45, 2.75) is 32.3 Å². The van der Waals surface area contributed by atoms with Gasteiger partial charge in [0.1, 0.15) is 0 Å². The van der Waals surface area contributed by atoms with Gasteiger partial charge in [-0.2, -0.15) is 0 Å². The molecule has 0 aromatic heterocycles. The largest absolute Gasteiger partial charge is 0.387 e. The Hall–Kier alpha value is -0.810. The highest BCUT2D eigenvalue weighted by Crippen LogP contribution is 2.28. The molecule has 0 radical (unpaired) electrons. The molecule has 2 rings (SSSR count). The molecule has 1 aliphatic rings. The first-order valence-electron chi connectivity index (χ1n) is 8.14. The van der Waals surface area contributed by atoms with E-state index in [4.69, 9.17) is 23.2 Å². The molecule has 6 heteroatoms. The average Bonchev–Trinajstić information content (AvgIpc) is 2.55. The molecule has 1 saturated heterocycles. The summed E-state index contributed by atoms with van der Waals surface area (Å²) in [5.41, 5.74) is 0.636. The zero-order valence-electron chi connectivity index (χ0n) is 13.4. The molecule has 128 valence electrons. The molecule has 1 aromatic rings. The number of amides is 1. The van der Waals surface area contributed by atoms with Crippen LogP contribution in [-0.2, 0) is 4.79 Å². The third kappa shape index (κ3) is 5.35. The predicted octanol–water partition coefficient (Wildman–Crippen LogP) is 3.27. The van der Waals surface area contributed by atoms with Crippen LogP contribution in [0.5, 0.6) is 0 Å². The van der Waals surface area contributed by atoms with Crippen molar-refractivity contribution in [2.24, 2.45) is 5.92 Å². The monoisotopic (exact) mass is 358 g/mol. The number of benzene rings is 1. The third-order valence-electron chi connectivity index (χ3n) is 4.17. The van der Waals surface area contributed by atoms with Crippen molar-refractivity contribution in [1.82, 2.24) is 10.2 Å². The minimum atomic E-state index is -0.710. The molecular formula is C17H24Cl2N2O2. The highest BCUT2D eigenvalue weighted by molar-refractivity contribution is 6.33. The first-order valence-corrected chi connectivity index (χ1v) is 8.90. The molecule has 2 atom stereocenters. The quantitative estimate of drug-likeness (QED) is 0.820. The number of nitrogens with zero attached hydrogens (tertiary/aromatic N) is 1. The topological polar surface area (TPSA) is 52.6 Å². The van der Waals surface area contributed by atoms with Crippen molar-refractivity contribution in [2.75, 3.05) is 26.2 Å². The van der Waals surface area contributed by atoms with Gasteiger partial charge in [-0.15, -0.1) is 0 Å². The third-order valence-corrected chi connectivity index (χ3v) is 4.75. The number of aliphatic hydroxyl groups excluding tert-OH is 1. The maximum absolute atomic E-state index is 12.1. The Morgan fingerprint density at radius 2 is 2.26 bits per heavy atom. The van der Waals surface area contributed by atoms with Gasteiger partial charge in [0.2, 0.25) is 5.91 Å². The summed E-state index contributed by atoms with van der Waals surface area (Å²) in [4.78, 5) is 14.2. The normalized spacial score (nSPS) is 20.3. The van der Waals surface area contributed by atoms with Crippen LogP contribution in [0.3, 0.4) is 0 Å². The van der Waals surface area contributed by atoms with E-state index in [1.165, 1.54) is 0 Å². The molecule has 4 nitrogen and oxygen atoms in total. The fraction of sp³-hybridized carbons (Fsp3) is 0.588. The van der Waals surface area contributed by atoms with Gasteiger partial charge < -0.3 is 10.4 Å². The molecule has 1 aliphatic heterocycles. The average molecular weight is 359 g/mol. The first-order chi connectivity index (χ1) is 11.0. The molecular weight excluding hydrogens is 335 g/mol. The van der Waals surface area contributed by atoms with Gasteiger partial charge in [-0.25, -0.2) is 0 Å². The van der Waals surface area contributed by atoms with Crippen LogP contribution in [0.2, 0.25) is 10.0 Å². The lowest BCUT2D eigenvalue weighted by Crippen LogP contribution is -2.44. The SMILES string of the molecule is CCCNC(=O)C1CCCN(CC(O)c2cc(Cl)ccc2Cl)C1. The maximum atomic E-state index is 12.1. The minimum Gasteiger partial charge on any atom is -0.387 e. The second kappa shape index (κ2) is 8.88. The van der Waals surface area contributed by atoms with E-state index in [1.54, 1.807) is 18.2 Å². The summed E-state index contributed by atoms with van der Waals surface area (Å²) >= 11 is 12.1. The Morgan fingerprint density at radius 1 is 1.48 bits per heavy atom. The van der Waals surface area contributed by atoms with Gasteiger partial charge in [-0.05, 0) is 44.0 Å². The van der Waals surface area contributed by atoms with Crippen LogP contribution < -0.4 is 5.32 Å². The smallest absolute Gasteiger partial charge is 0.224 e. The van der Waals surface area contributed by atoms with Crippen LogP contribution >= 0.6 is 23.2 Å². The van der Waals surface area contributed by atoms with Gasteiger partial charge in [0, 0.05) is 35.2 Å². The van der Waals surface area contributed by atoms with E-state index in [-0.39, 0.29) is 11.8 Å². The fourth-order valence-electron chi connectivity index (χ4n) is 2.94. The Bertz CT molecular complexity index is 539. The van der Waals surface area contributed by atoms with E-state index in [0.717, 1.165) is 32.4 Å². The second-order valence-electron chi connectivity index (χ2n) is 6.07. The van der Waals surface area contributed by atoms with Crippen LogP contribution in [0.15, 0.2) is 18.2 Å². The van der Waals surface area contributed by atoms with Crippen LogP contribution in [0.1, 0.15) is 37.9 Å². The van der Waals surface area contributed by atoms with Gasteiger partial charge in [0.05, 0.1) is 12.0 Å². The molecule has 1 aromatic carbocycles. The second-order valence-corrected chi connectivity index (χ2v) is 6.92. The number of β-amino-alcohol motifs (C(OH)–C–C–N with tert-alkyl or cyclic N) is 1. The van der Waals surface area contributed by atoms with E-state index >= 15 is 0 Å². The van der Waals surface area contributed by atoms with Crippen LogP contribution in [-0.4, -0.2) is 42.1 Å². The molecule has 0 aliphatic carbocycles. The number of hydrogen-bond acceptors (Lipinski definition) is 3. The maximum Gasteiger partial charge on any atom is 0.224 e. The van der Waals surface area contributed by atoms with Crippen molar-refractivity contribution < 1.29 is 9.90 Å². The lowest BCUT2D eigenvalue weighted by atomic mass is 9.96. The highest BCUT2D eigenvalue weighted by atomic mass is 35.5. The number of piperidine rings is 1. The summed E-state index contributed by atoms with van der Waals surface area (Å²) in [6.07, 6.45) is 2.09. The molecule has 0 saturated carbocycles. The van der Waals surface area contributed by atoms with Gasteiger partial charge in [0.15, 0.2) is 0 Å². The van der Waals surface area contributed by atoms with Crippen LogP contribution in [0.25, 0.3) is 0 Å². The molecule has 1 fully saturated rings. The van der Waals surface area contributed by atoms with E-state index in [1.807, 2.05) is 6.92 Å². The lowest BCUT2D eigenvalue weighted by molar-refractivity contribution is -0.126. The summed E-state index contributed by atoms with van der Waals surface area (Å²) < 4.78 is 0. The van der Waals surface area contributed by atoms with Crippen molar-refractivity contribution in [1.29, 1.82) is 0 Å². The summed E-state index contributed by atoms with van der Waals surface area (Å²) in [5, 5.41) is 14.5. The van der Waals surface area contributed by atoms with Crippen LogP contribution in [0.4, 0.5) is 0 Å². The lowest BCUT2D eigenvalue weighted by Gasteiger charge is -2.33. The first kappa shape index (κ1) is 18.5. The summed E-state index contributed by atoms with van der Waals surface area (Å²) in [6, 6.07) is 5.10. The number of halogens is 2. The summed E-state index contributed by atoms with van der Waals surface area (Å²) in [5.74, 6) is 0.115. The molecule has 1 amide bonds. The summed E-state index contributed by atoms with van der Waals surface area (Å²) in [6.45, 7) is 4.77. The van der Waals surface area contributed by atoms with E-state index in [2.05, 4.69) is 10.2 Å². The van der Waals surface area contributed by atoms with Gasteiger partial charge >= 0.3 is 0 Å². The van der Waals surface area contributed by atoms with Gasteiger partial charge in [-0.3, -0.25) is 9.69 Å². The van der Waals surface area contributed by atoms with E-state index < -0.39 is 6.10 Å². The fourth-order valence-corrected chi connectivity index (χ4v) is 3.36. The molecule has 2 unspecified atom stereocenters. The number of hydrogen-bond donors (Lipinski definition) is 2. The number of carbonyl (C=O) groups is 1. The number of aliphatic hydroxyl groups is 1. The zero-order valence-corrected chi connectivity index (χ0v) is 14.9. The zero-order chi connectivity index (χ0) is 16.8. The molecule has 2 N–H and O–H groups in total. The standard InChI is InChI=1S/C17H24Cl2N2O2/c1-2-7-20-17(23)12-4-3-8-21(10-12)11-16(22)14-9-13(18)5-6-15(14)19/h5-6,9,12,16,22H,2-4,7-8,10-11H2,1H3,(H,20,23). The number of likely N-dealkylation sites (tertiary alicyclic amines) is 1. The highest BCUT2D eigenvalue weighted by Gasteiger charge is 2.27. The Morgan fingerprint density at radius 3 is 3.00 bits per heavy atom. The predicted molar refractivity (Wildman–Crippen MR) is 93.9 cm³/mol. The Balaban J connectivity index is 1.94. The van der Waals surface area contributed by atoms with E-state index in [0.29, 0.717) is 28.7 Å². The number of carbonyl (C=O) groups excluding carboxylic acids is 1. The van der Waals surface area contributed by atoms with Gasteiger partial charge in [-0.1, -0.05) is 30.1 Å². The molecule has 0 bridgehead atoms. The van der Waals surface area contributed by atoms with Crippen molar-refractivity contribution in [3.63, 3.8) is 0 Å². The van der Waals surface area contributed by atoms with Crippen molar-refractivity contribution in [3.05, 3.63) is 33.8 Å². The molecule has 1 heterocycles. The molecule has 23 heavy (non-hydrogen) atoms. The Labute approximate surface area is 147 Å². The van der Waals surface area contributed by atoms with Gasteiger partial charge in [0.25, 0.3) is 0 Å². The Kier molecular flexibility index (Phi) is 7.15. The van der Waals surface area contributed by atoms with Crippen LogP contribution in [0, 0.1) is 5.92 Å². The van der Waals surface area contributed by atoms with E-state index in [9.17, 15) is 9.90 Å². The van der Waals surface area contributed by atoms with Crippen molar-refractivity contribution >= 4 is 29.1 Å². The number of nitrogens with one attached hydrogen (secondary N) is 1. The summed E-state index contributed by atoms with van der Waals surface area (Å²) in [7, 11) is 0. The number of rotatable bonds is 6.